The van der Waals surface area contributed by atoms with E-state index in [1.807, 2.05) is 7.05 Å². The summed E-state index contributed by atoms with van der Waals surface area (Å²) < 4.78 is 0. The van der Waals surface area contributed by atoms with E-state index in [9.17, 15) is 0 Å². The van der Waals surface area contributed by atoms with Crippen LogP contribution in [-0.4, -0.2) is 32.1 Å². The van der Waals surface area contributed by atoms with E-state index in [0.717, 1.165) is 19.5 Å². The molecule has 1 rings (SSSR count). The van der Waals surface area contributed by atoms with Crippen molar-refractivity contribution in [1.29, 1.82) is 0 Å². The standard InChI is InChI=1S/C15H26N2/c1-4-5-12-17(3)13-15-8-6-14(7-9-15)10-11-16-2/h6-9,16H,4-5,10-13H2,1-3H3. The lowest BCUT2D eigenvalue weighted by atomic mass is 10.1. The zero-order valence-electron chi connectivity index (χ0n) is 11.5. The molecule has 17 heavy (non-hydrogen) atoms. The highest BCUT2D eigenvalue weighted by Gasteiger charge is 2.00. The number of likely N-dealkylation sites (N-methyl/N-ethyl adjacent to an activating group) is 1. The van der Waals surface area contributed by atoms with Gasteiger partial charge in [-0.1, -0.05) is 37.6 Å². The molecule has 0 aromatic heterocycles. The fraction of sp³-hybridized carbons (Fsp3) is 0.600. The lowest BCUT2D eigenvalue weighted by Gasteiger charge is -2.16. The largest absolute Gasteiger partial charge is 0.319 e. The van der Waals surface area contributed by atoms with E-state index in [1.165, 1.54) is 30.5 Å². The summed E-state index contributed by atoms with van der Waals surface area (Å²) in [4.78, 5) is 2.39. The molecule has 0 bridgehead atoms. The first-order valence-electron chi connectivity index (χ1n) is 6.67. The van der Waals surface area contributed by atoms with Crippen molar-refractivity contribution in [3.63, 3.8) is 0 Å². The van der Waals surface area contributed by atoms with Gasteiger partial charge in [-0.2, -0.15) is 0 Å². The topological polar surface area (TPSA) is 15.3 Å². The summed E-state index contributed by atoms with van der Waals surface area (Å²) in [6.45, 7) is 5.55. The van der Waals surface area contributed by atoms with Gasteiger partial charge in [0.15, 0.2) is 0 Å². The van der Waals surface area contributed by atoms with Crippen LogP contribution in [-0.2, 0) is 13.0 Å². The molecule has 0 saturated heterocycles. The minimum absolute atomic E-state index is 1.05. The van der Waals surface area contributed by atoms with Crippen molar-refractivity contribution in [2.75, 3.05) is 27.2 Å². The molecule has 0 atom stereocenters. The summed E-state index contributed by atoms with van der Waals surface area (Å²) >= 11 is 0. The second-order valence-electron chi connectivity index (χ2n) is 4.76. The molecule has 0 aliphatic heterocycles. The predicted octanol–water partition coefficient (Wildman–Crippen LogP) is 2.68. The van der Waals surface area contributed by atoms with Crippen LogP contribution in [0.1, 0.15) is 30.9 Å². The Labute approximate surface area is 106 Å². The Morgan fingerprint density at radius 2 is 1.76 bits per heavy atom. The van der Waals surface area contributed by atoms with Gasteiger partial charge in [-0.25, -0.2) is 0 Å². The second-order valence-corrected chi connectivity index (χ2v) is 4.76. The van der Waals surface area contributed by atoms with Crippen LogP contribution in [0.15, 0.2) is 24.3 Å². The van der Waals surface area contributed by atoms with Gasteiger partial charge in [-0.3, -0.25) is 0 Å². The molecule has 0 aliphatic rings. The number of benzene rings is 1. The Hall–Kier alpha value is -0.860. The number of nitrogens with zero attached hydrogens (tertiary/aromatic N) is 1. The molecule has 1 aromatic carbocycles. The monoisotopic (exact) mass is 234 g/mol. The normalized spacial score (nSPS) is 11.1. The first kappa shape index (κ1) is 14.2. The van der Waals surface area contributed by atoms with E-state index in [4.69, 9.17) is 0 Å². The quantitative estimate of drug-likeness (QED) is 0.744. The van der Waals surface area contributed by atoms with Crippen LogP contribution in [0.5, 0.6) is 0 Å². The van der Waals surface area contributed by atoms with E-state index in [2.05, 4.69) is 48.5 Å². The Morgan fingerprint density at radius 3 is 2.35 bits per heavy atom. The predicted molar refractivity (Wildman–Crippen MR) is 75.3 cm³/mol. The van der Waals surface area contributed by atoms with E-state index in [-0.39, 0.29) is 0 Å². The fourth-order valence-electron chi connectivity index (χ4n) is 1.90. The van der Waals surface area contributed by atoms with Crippen LogP contribution < -0.4 is 5.32 Å². The van der Waals surface area contributed by atoms with Crippen LogP contribution in [0, 0.1) is 0 Å². The molecule has 0 radical (unpaired) electrons. The number of hydrogen-bond acceptors (Lipinski definition) is 2. The first-order chi connectivity index (χ1) is 8.26. The number of unbranched alkanes of at least 4 members (excludes halogenated alkanes) is 1. The summed E-state index contributed by atoms with van der Waals surface area (Å²) in [5, 5.41) is 3.18. The van der Waals surface area contributed by atoms with Crippen molar-refractivity contribution >= 4 is 0 Å². The summed E-state index contributed by atoms with van der Waals surface area (Å²) in [6.07, 6.45) is 3.67. The van der Waals surface area contributed by atoms with Crippen molar-refractivity contribution < 1.29 is 0 Å². The number of rotatable bonds is 8. The van der Waals surface area contributed by atoms with E-state index >= 15 is 0 Å². The van der Waals surface area contributed by atoms with Crippen LogP contribution >= 0.6 is 0 Å². The smallest absolute Gasteiger partial charge is 0.0230 e. The van der Waals surface area contributed by atoms with Gasteiger partial charge in [0.05, 0.1) is 0 Å². The Morgan fingerprint density at radius 1 is 1.12 bits per heavy atom. The van der Waals surface area contributed by atoms with Gasteiger partial charge < -0.3 is 10.2 Å². The molecule has 0 fully saturated rings. The summed E-state index contributed by atoms with van der Waals surface area (Å²) in [7, 11) is 4.20. The highest BCUT2D eigenvalue weighted by atomic mass is 15.1. The minimum Gasteiger partial charge on any atom is -0.319 e. The summed E-state index contributed by atoms with van der Waals surface area (Å²) in [5.41, 5.74) is 2.83. The van der Waals surface area contributed by atoms with Crippen molar-refractivity contribution in [3.05, 3.63) is 35.4 Å². The van der Waals surface area contributed by atoms with Gasteiger partial charge in [0.1, 0.15) is 0 Å². The molecule has 1 N–H and O–H groups in total. The molecule has 2 heteroatoms. The molecule has 0 saturated carbocycles. The van der Waals surface area contributed by atoms with Gasteiger partial charge >= 0.3 is 0 Å². The molecule has 96 valence electrons. The lowest BCUT2D eigenvalue weighted by molar-refractivity contribution is 0.321. The van der Waals surface area contributed by atoms with Crippen LogP contribution in [0.3, 0.4) is 0 Å². The molecular formula is C15H26N2. The maximum atomic E-state index is 3.18. The molecule has 0 unspecified atom stereocenters. The van der Waals surface area contributed by atoms with Crippen molar-refractivity contribution in [3.8, 4) is 0 Å². The third-order valence-corrected chi connectivity index (χ3v) is 3.03. The Balaban J connectivity index is 2.39. The van der Waals surface area contributed by atoms with Crippen molar-refractivity contribution in [2.24, 2.45) is 0 Å². The summed E-state index contributed by atoms with van der Waals surface area (Å²) in [6, 6.07) is 9.02. The van der Waals surface area contributed by atoms with Gasteiger partial charge in [-0.15, -0.1) is 0 Å². The third kappa shape index (κ3) is 5.85. The highest BCUT2D eigenvalue weighted by molar-refractivity contribution is 5.22. The van der Waals surface area contributed by atoms with Crippen LogP contribution in [0.2, 0.25) is 0 Å². The van der Waals surface area contributed by atoms with Crippen LogP contribution in [0.4, 0.5) is 0 Å². The average Bonchev–Trinajstić information content (AvgIpc) is 2.35. The van der Waals surface area contributed by atoms with Crippen LogP contribution in [0.25, 0.3) is 0 Å². The number of hydrogen-bond donors (Lipinski definition) is 1. The minimum atomic E-state index is 1.05. The molecule has 0 heterocycles. The van der Waals surface area contributed by atoms with Gasteiger partial charge in [0.2, 0.25) is 0 Å². The molecule has 1 aromatic rings. The zero-order chi connectivity index (χ0) is 12.5. The maximum Gasteiger partial charge on any atom is 0.0230 e. The third-order valence-electron chi connectivity index (χ3n) is 3.03. The summed E-state index contributed by atoms with van der Waals surface area (Å²) in [5.74, 6) is 0. The average molecular weight is 234 g/mol. The van der Waals surface area contributed by atoms with Crippen molar-refractivity contribution in [2.45, 2.75) is 32.7 Å². The van der Waals surface area contributed by atoms with E-state index in [1.54, 1.807) is 0 Å². The SMILES string of the molecule is CCCCN(C)Cc1ccc(CCNC)cc1. The van der Waals surface area contributed by atoms with E-state index < -0.39 is 0 Å². The lowest BCUT2D eigenvalue weighted by Crippen LogP contribution is -2.18. The van der Waals surface area contributed by atoms with Gasteiger partial charge in [-0.05, 0) is 51.2 Å². The zero-order valence-corrected chi connectivity index (χ0v) is 11.5. The molecule has 2 nitrogen and oxygen atoms in total. The Bertz CT molecular complexity index is 292. The maximum absolute atomic E-state index is 3.18. The Kier molecular flexibility index (Phi) is 6.90. The van der Waals surface area contributed by atoms with Gasteiger partial charge in [0, 0.05) is 6.54 Å². The first-order valence-corrected chi connectivity index (χ1v) is 6.67. The highest BCUT2D eigenvalue weighted by Crippen LogP contribution is 2.07. The molecule has 0 amide bonds. The molecule has 0 aliphatic carbocycles. The van der Waals surface area contributed by atoms with Gasteiger partial charge in [0.25, 0.3) is 0 Å². The fourth-order valence-corrected chi connectivity index (χ4v) is 1.90. The van der Waals surface area contributed by atoms with Crippen molar-refractivity contribution in [1.82, 2.24) is 10.2 Å². The second kappa shape index (κ2) is 8.26. The number of nitrogens with one attached hydrogen (secondary N) is 1. The molecule has 0 spiro atoms. The van der Waals surface area contributed by atoms with E-state index in [0.29, 0.717) is 0 Å². The molecular weight excluding hydrogens is 208 g/mol.